The van der Waals surface area contributed by atoms with E-state index in [0.717, 1.165) is 5.56 Å². The van der Waals surface area contributed by atoms with Crippen LogP contribution in [0.5, 0.6) is 11.6 Å². The number of benzene rings is 2. The molecule has 2 N–H and O–H groups in total. The van der Waals surface area contributed by atoms with Gasteiger partial charge in [-0.1, -0.05) is 18.2 Å². The first-order valence-electron chi connectivity index (χ1n) is 10.1. The molecule has 33 heavy (non-hydrogen) atoms. The standard InChI is InChI=1S/C23H20FN5O4/c1-3-33-21-19-20(28-23(29-21)26-11-13-4-7-15(24)8-5-13)25-12-17(27-19)14-6-9-16(18(30)10-14)22(31)32-2/h4-10,12,30H,3,11H2,1-2H3,(H,25,26,28,29). The van der Waals surface area contributed by atoms with E-state index in [1.54, 1.807) is 18.2 Å². The molecule has 0 unspecified atom stereocenters. The van der Waals surface area contributed by atoms with E-state index in [1.165, 1.54) is 37.6 Å². The number of ether oxygens (including phenoxy) is 2. The van der Waals surface area contributed by atoms with Crippen molar-refractivity contribution in [2.24, 2.45) is 0 Å². The largest absolute Gasteiger partial charge is 0.507 e. The van der Waals surface area contributed by atoms with Crippen molar-refractivity contribution < 1.29 is 23.8 Å². The predicted molar refractivity (Wildman–Crippen MR) is 118 cm³/mol. The zero-order valence-corrected chi connectivity index (χ0v) is 17.9. The van der Waals surface area contributed by atoms with Gasteiger partial charge in [-0.15, -0.1) is 0 Å². The van der Waals surface area contributed by atoms with Crippen molar-refractivity contribution >= 4 is 23.1 Å². The fourth-order valence-electron chi connectivity index (χ4n) is 3.09. The van der Waals surface area contributed by atoms with Crippen LogP contribution in [0.1, 0.15) is 22.8 Å². The lowest BCUT2D eigenvalue weighted by Crippen LogP contribution is -2.07. The average Bonchev–Trinajstić information content (AvgIpc) is 2.83. The second-order valence-electron chi connectivity index (χ2n) is 6.92. The van der Waals surface area contributed by atoms with Gasteiger partial charge in [0.15, 0.2) is 11.2 Å². The molecule has 0 saturated heterocycles. The molecule has 2 aromatic carbocycles. The molecular formula is C23H20FN5O4. The van der Waals surface area contributed by atoms with Crippen LogP contribution in [0.15, 0.2) is 48.7 Å². The number of carbonyl (C=O) groups excluding carboxylic acids is 1. The number of halogens is 1. The van der Waals surface area contributed by atoms with Gasteiger partial charge in [0.2, 0.25) is 11.8 Å². The Labute approximate surface area is 188 Å². The van der Waals surface area contributed by atoms with Gasteiger partial charge in [0.25, 0.3) is 0 Å². The van der Waals surface area contributed by atoms with Gasteiger partial charge in [-0.3, -0.25) is 0 Å². The second-order valence-corrected chi connectivity index (χ2v) is 6.92. The Morgan fingerprint density at radius 1 is 1.12 bits per heavy atom. The smallest absolute Gasteiger partial charge is 0.341 e. The summed E-state index contributed by atoms with van der Waals surface area (Å²) in [6.07, 6.45) is 1.50. The first kappa shape index (κ1) is 21.9. The van der Waals surface area contributed by atoms with Crippen LogP contribution in [0.25, 0.3) is 22.4 Å². The maximum absolute atomic E-state index is 13.1. The van der Waals surface area contributed by atoms with Crippen LogP contribution in [-0.4, -0.2) is 44.7 Å². The van der Waals surface area contributed by atoms with Crippen molar-refractivity contribution in [3.8, 4) is 22.9 Å². The summed E-state index contributed by atoms with van der Waals surface area (Å²) in [5, 5.41) is 13.3. The highest BCUT2D eigenvalue weighted by molar-refractivity contribution is 5.93. The average molecular weight is 449 g/mol. The van der Waals surface area contributed by atoms with E-state index in [1.807, 2.05) is 6.92 Å². The Morgan fingerprint density at radius 2 is 1.91 bits per heavy atom. The molecule has 9 nitrogen and oxygen atoms in total. The number of nitrogens with one attached hydrogen (secondary N) is 1. The molecule has 0 amide bonds. The van der Waals surface area contributed by atoms with Gasteiger partial charge in [-0.25, -0.2) is 19.2 Å². The Kier molecular flexibility index (Phi) is 6.25. The van der Waals surface area contributed by atoms with Crippen molar-refractivity contribution in [2.75, 3.05) is 19.0 Å². The summed E-state index contributed by atoms with van der Waals surface area (Å²) in [5.41, 5.74) is 2.54. The zero-order valence-electron chi connectivity index (χ0n) is 17.9. The molecule has 0 aliphatic rings. The fraction of sp³-hybridized carbons (Fsp3) is 0.174. The van der Waals surface area contributed by atoms with E-state index in [4.69, 9.17) is 4.74 Å². The maximum Gasteiger partial charge on any atom is 0.341 e. The predicted octanol–water partition coefficient (Wildman–Crippen LogP) is 3.73. The molecule has 4 aromatic rings. The summed E-state index contributed by atoms with van der Waals surface area (Å²) >= 11 is 0. The number of phenolic OH excluding ortho intramolecular Hbond substituents is 1. The third kappa shape index (κ3) is 4.79. The second kappa shape index (κ2) is 9.43. The number of aromatic nitrogens is 4. The molecular weight excluding hydrogens is 429 g/mol. The number of hydrogen-bond donors (Lipinski definition) is 2. The summed E-state index contributed by atoms with van der Waals surface area (Å²) < 4.78 is 23.4. The lowest BCUT2D eigenvalue weighted by atomic mass is 10.1. The molecule has 0 radical (unpaired) electrons. The summed E-state index contributed by atoms with van der Waals surface area (Å²) in [4.78, 5) is 29.4. The quantitative estimate of drug-likeness (QED) is 0.407. The van der Waals surface area contributed by atoms with Gasteiger partial charge >= 0.3 is 5.97 Å². The Morgan fingerprint density at radius 3 is 2.61 bits per heavy atom. The summed E-state index contributed by atoms with van der Waals surface area (Å²) in [7, 11) is 1.24. The fourth-order valence-corrected chi connectivity index (χ4v) is 3.09. The van der Waals surface area contributed by atoms with Crippen LogP contribution in [-0.2, 0) is 11.3 Å². The monoisotopic (exact) mass is 449 g/mol. The zero-order chi connectivity index (χ0) is 23.4. The number of fused-ring (bicyclic) bond motifs is 1. The minimum Gasteiger partial charge on any atom is -0.507 e. The summed E-state index contributed by atoms with van der Waals surface area (Å²) in [6, 6.07) is 10.6. The first-order valence-corrected chi connectivity index (χ1v) is 10.1. The number of aromatic hydroxyl groups is 1. The van der Waals surface area contributed by atoms with E-state index >= 15 is 0 Å². The normalized spacial score (nSPS) is 10.8. The molecule has 2 aromatic heterocycles. The molecule has 0 spiro atoms. The van der Waals surface area contributed by atoms with Crippen LogP contribution in [0.2, 0.25) is 0 Å². The van der Waals surface area contributed by atoms with Crippen molar-refractivity contribution in [2.45, 2.75) is 13.5 Å². The highest BCUT2D eigenvalue weighted by atomic mass is 19.1. The third-order valence-electron chi connectivity index (χ3n) is 4.72. The van der Waals surface area contributed by atoms with E-state index in [2.05, 4.69) is 30.0 Å². The van der Waals surface area contributed by atoms with Crippen molar-refractivity contribution in [1.29, 1.82) is 0 Å². The highest BCUT2D eigenvalue weighted by Crippen LogP contribution is 2.28. The number of phenols is 1. The van der Waals surface area contributed by atoms with E-state index in [0.29, 0.717) is 35.6 Å². The number of methoxy groups -OCH3 is 1. The maximum atomic E-state index is 13.1. The lowest BCUT2D eigenvalue weighted by molar-refractivity contribution is 0.0597. The number of anilines is 1. The Balaban J connectivity index is 1.66. The Hall–Kier alpha value is -4.34. The number of carbonyl (C=O) groups is 1. The molecule has 168 valence electrons. The third-order valence-corrected chi connectivity index (χ3v) is 4.72. The summed E-state index contributed by atoms with van der Waals surface area (Å²) in [6.45, 7) is 2.55. The minimum absolute atomic E-state index is 0.0465. The topological polar surface area (TPSA) is 119 Å². The van der Waals surface area contributed by atoms with Crippen molar-refractivity contribution in [3.63, 3.8) is 0 Å². The molecule has 2 heterocycles. The van der Waals surface area contributed by atoms with Gasteiger partial charge in [0.05, 0.1) is 25.6 Å². The number of esters is 1. The molecule has 0 saturated carbocycles. The molecule has 0 aliphatic carbocycles. The molecule has 10 heteroatoms. The van der Waals surface area contributed by atoms with E-state index < -0.39 is 5.97 Å². The van der Waals surface area contributed by atoms with Crippen molar-refractivity contribution in [3.05, 3.63) is 65.6 Å². The van der Waals surface area contributed by atoms with Gasteiger partial charge < -0.3 is 19.9 Å². The molecule has 0 atom stereocenters. The van der Waals surface area contributed by atoms with Crippen molar-refractivity contribution in [1.82, 2.24) is 19.9 Å². The van der Waals surface area contributed by atoms with E-state index in [-0.39, 0.29) is 29.0 Å². The van der Waals surface area contributed by atoms with Crippen LogP contribution in [0, 0.1) is 5.82 Å². The number of nitrogens with zero attached hydrogens (tertiary/aromatic N) is 4. The van der Waals surface area contributed by atoms with E-state index in [9.17, 15) is 14.3 Å². The minimum atomic E-state index is -0.642. The molecule has 0 aliphatic heterocycles. The highest BCUT2D eigenvalue weighted by Gasteiger charge is 2.16. The lowest BCUT2D eigenvalue weighted by Gasteiger charge is -2.11. The SMILES string of the molecule is CCOc1nc(NCc2ccc(F)cc2)nc2ncc(-c3ccc(C(=O)OC)c(O)c3)nc12. The van der Waals surface area contributed by atoms with Gasteiger partial charge in [0, 0.05) is 12.1 Å². The number of rotatable bonds is 7. The van der Waals surface area contributed by atoms with Crippen LogP contribution in [0.4, 0.5) is 10.3 Å². The first-order chi connectivity index (χ1) is 16.0. The molecule has 4 rings (SSSR count). The number of hydrogen-bond acceptors (Lipinski definition) is 9. The van der Waals surface area contributed by atoms with Crippen LogP contribution < -0.4 is 10.1 Å². The van der Waals surface area contributed by atoms with Crippen LogP contribution >= 0.6 is 0 Å². The summed E-state index contributed by atoms with van der Waals surface area (Å²) in [5.74, 6) is -0.649. The Bertz CT molecular complexity index is 1310. The van der Waals surface area contributed by atoms with Crippen LogP contribution in [0.3, 0.4) is 0 Å². The van der Waals surface area contributed by atoms with Gasteiger partial charge in [0.1, 0.15) is 17.1 Å². The van der Waals surface area contributed by atoms with Gasteiger partial charge in [-0.2, -0.15) is 9.97 Å². The molecule has 0 bridgehead atoms. The van der Waals surface area contributed by atoms with Gasteiger partial charge in [-0.05, 0) is 36.8 Å². The molecule has 0 fully saturated rings.